The molecule has 0 saturated heterocycles. The topological polar surface area (TPSA) is 63.2 Å². The van der Waals surface area contributed by atoms with Crippen molar-refractivity contribution in [2.75, 3.05) is 6.54 Å². The largest absolute Gasteiger partial charge is 0.352 e. The number of carbonyl (C=O) groups is 1. The van der Waals surface area contributed by atoms with Crippen molar-refractivity contribution in [1.82, 2.24) is 5.32 Å². The molecule has 0 aromatic heterocycles. The van der Waals surface area contributed by atoms with Gasteiger partial charge in [-0.2, -0.15) is 0 Å². The molecule has 8 heteroatoms. The van der Waals surface area contributed by atoms with Crippen molar-refractivity contribution in [3.63, 3.8) is 0 Å². The second-order valence-corrected chi connectivity index (χ2v) is 8.84. The molecule has 1 aliphatic rings. The Morgan fingerprint density at radius 1 is 1.38 bits per heavy atom. The van der Waals surface area contributed by atoms with E-state index in [4.69, 9.17) is 22.3 Å². The lowest BCUT2D eigenvalue weighted by atomic mass is 9.83. The molecule has 1 N–H and O–H groups in total. The summed E-state index contributed by atoms with van der Waals surface area (Å²) in [6.45, 7) is 0.551. The standard InChI is InChI=1S/C13H14BrCl2NO3S/c14-11-7-9(21(16,19)20)6-10(12(11)15)13(18)17-5-4-8-2-1-3-8/h6-8H,1-5H2,(H,17,18). The van der Waals surface area contributed by atoms with Gasteiger partial charge in [0, 0.05) is 21.7 Å². The summed E-state index contributed by atoms with van der Waals surface area (Å²) in [5.41, 5.74) is 0.0962. The van der Waals surface area contributed by atoms with Crippen molar-refractivity contribution >= 4 is 53.2 Å². The van der Waals surface area contributed by atoms with E-state index in [0.29, 0.717) is 16.9 Å². The Balaban J connectivity index is 2.13. The van der Waals surface area contributed by atoms with Crippen LogP contribution in [0.15, 0.2) is 21.5 Å². The summed E-state index contributed by atoms with van der Waals surface area (Å²) >= 11 is 9.18. The van der Waals surface area contributed by atoms with Gasteiger partial charge in [-0.25, -0.2) is 8.42 Å². The van der Waals surface area contributed by atoms with Crippen LogP contribution in [-0.2, 0) is 9.05 Å². The predicted octanol–water partition coefficient (Wildman–Crippen LogP) is 3.95. The lowest BCUT2D eigenvalue weighted by molar-refractivity contribution is 0.0949. The molecule has 0 atom stereocenters. The van der Waals surface area contributed by atoms with Crippen molar-refractivity contribution in [3.05, 3.63) is 27.2 Å². The summed E-state index contributed by atoms with van der Waals surface area (Å²) in [5.74, 6) is 0.282. The molecule has 1 aromatic carbocycles. The lowest BCUT2D eigenvalue weighted by Crippen LogP contribution is -2.27. The zero-order chi connectivity index (χ0) is 15.6. The van der Waals surface area contributed by atoms with E-state index < -0.39 is 15.0 Å². The van der Waals surface area contributed by atoms with E-state index in [1.165, 1.54) is 31.4 Å². The van der Waals surface area contributed by atoms with Gasteiger partial charge in [0.1, 0.15) is 0 Å². The zero-order valence-electron chi connectivity index (χ0n) is 11.0. The van der Waals surface area contributed by atoms with Crippen molar-refractivity contribution in [3.8, 4) is 0 Å². The Hall–Kier alpha value is -0.300. The molecule has 116 valence electrons. The Morgan fingerprint density at radius 2 is 2.05 bits per heavy atom. The normalized spacial score (nSPS) is 15.6. The molecule has 0 radical (unpaired) electrons. The highest BCUT2D eigenvalue weighted by Gasteiger charge is 2.21. The van der Waals surface area contributed by atoms with Gasteiger partial charge in [0.2, 0.25) is 0 Å². The van der Waals surface area contributed by atoms with Crippen LogP contribution in [0.3, 0.4) is 0 Å². The van der Waals surface area contributed by atoms with E-state index in [9.17, 15) is 13.2 Å². The number of hydrogen-bond acceptors (Lipinski definition) is 3. The minimum atomic E-state index is -3.92. The van der Waals surface area contributed by atoms with Gasteiger partial charge in [0.05, 0.1) is 15.5 Å². The minimum absolute atomic E-state index is 0.0962. The molecule has 0 bridgehead atoms. The highest BCUT2D eigenvalue weighted by molar-refractivity contribution is 9.10. The first-order valence-corrected chi connectivity index (χ1v) is 9.99. The van der Waals surface area contributed by atoms with Crippen molar-refractivity contribution in [2.45, 2.75) is 30.6 Å². The van der Waals surface area contributed by atoms with Crippen LogP contribution in [0.25, 0.3) is 0 Å². The summed E-state index contributed by atoms with van der Waals surface area (Å²) in [4.78, 5) is 12.0. The molecule has 2 rings (SSSR count). The third-order valence-electron chi connectivity index (χ3n) is 3.59. The van der Waals surface area contributed by atoms with E-state index in [0.717, 1.165) is 6.42 Å². The van der Waals surface area contributed by atoms with Crippen LogP contribution < -0.4 is 5.32 Å². The van der Waals surface area contributed by atoms with Crippen LogP contribution in [0.4, 0.5) is 0 Å². The molecular formula is C13H14BrCl2NO3S. The van der Waals surface area contributed by atoms with Gasteiger partial charge in [0.15, 0.2) is 0 Å². The van der Waals surface area contributed by atoms with Crippen molar-refractivity contribution in [2.24, 2.45) is 5.92 Å². The Kier molecular flexibility index (Phi) is 5.57. The summed E-state index contributed by atoms with van der Waals surface area (Å²) in [7, 11) is 1.39. The number of benzene rings is 1. The molecule has 21 heavy (non-hydrogen) atoms. The number of amides is 1. The highest BCUT2D eigenvalue weighted by Crippen LogP contribution is 2.31. The second-order valence-electron chi connectivity index (χ2n) is 5.05. The average molecular weight is 415 g/mol. The first kappa shape index (κ1) is 17.1. The quantitative estimate of drug-likeness (QED) is 0.741. The molecule has 4 nitrogen and oxygen atoms in total. The van der Waals surface area contributed by atoms with Gasteiger partial charge in [-0.3, -0.25) is 4.79 Å². The van der Waals surface area contributed by atoms with Gasteiger partial charge in [-0.1, -0.05) is 30.9 Å². The fraction of sp³-hybridized carbons (Fsp3) is 0.462. The van der Waals surface area contributed by atoms with E-state index >= 15 is 0 Å². The molecular weight excluding hydrogens is 401 g/mol. The zero-order valence-corrected chi connectivity index (χ0v) is 14.9. The van der Waals surface area contributed by atoms with Gasteiger partial charge in [-0.05, 0) is 40.4 Å². The first-order valence-electron chi connectivity index (χ1n) is 6.51. The number of rotatable bonds is 5. The third kappa shape index (κ3) is 4.34. The first-order chi connectivity index (χ1) is 9.79. The molecule has 0 heterocycles. The second kappa shape index (κ2) is 6.86. The maximum absolute atomic E-state index is 12.1. The van der Waals surface area contributed by atoms with Crippen LogP contribution in [0.1, 0.15) is 36.0 Å². The monoisotopic (exact) mass is 413 g/mol. The van der Waals surface area contributed by atoms with E-state index in [1.807, 2.05) is 0 Å². The molecule has 1 amide bonds. The number of hydrogen-bond donors (Lipinski definition) is 1. The maximum atomic E-state index is 12.1. The number of carbonyl (C=O) groups excluding carboxylic acids is 1. The summed E-state index contributed by atoms with van der Waals surface area (Å²) in [6.07, 6.45) is 4.61. The summed E-state index contributed by atoms with van der Waals surface area (Å²) in [6, 6.07) is 2.46. The predicted molar refractivity (Wildman–Crippen MR) is 86.5 cm³/mol. The van der Waals surface area contributed by atoms with Gasteiger partial charge in [-0.15, -0.1) is 0 Å². The average Bonchev–Trinajstić information content (AvgIpc) is 2.33. The molecule has 0 unspecified atom stereocenters. The highest BCUT2D eigenvalue weighted by atomic mass is 79.9. The van der Waals surface area contributed by atoms with Crippen molar-refractivity contribution < 1.29 is 13.2 Å². The van der Waals surface area contributed by atoms with E-state index in [1.54, 1.807) is 0 Å². The Bertz CT molecular complexity index is 660. The van der Waals surface area contributed by atoms with Gasteiger partial charge < -0.3 is 5.32 Å². The van der Waals surface area contributed by atoms with Crippen LogP contribution in [0.5, 0.6) is 0 Å². The number of halogens is 3. The van der Waals surface area contributed by atoms with Crippen LogP contribution in [-0.4, -0.2) is 20.9 Å². The SMILES string of the molecule is O=C(NCCC1CCC1)c1cc(S(=O)(=O)Cl)cc(Br)c1Cl. The maximum Gasteiger partial charge on any atom is 0.261 e. The minimum Gasteiger partial charge on any atom is -0.352 e. The van der Waals surface area contributed by atoms with Gasteiger partial charge >= 0.3 is 0 Å². The van der Waals surface area contributed by atoms with Crippen LogP contribution >= 0.6 is 38.2 Å². The number of nitrogens with one attached hydrogen (secondary N) is 1. The van der Waals surface area contributed by atoms with Crippen molar-refractivity contribution in [1.29, 1.82) is 0 Å². The summed E-state index contributed by atoms with van der Waals surface area (Å²) < 4.78 is 23.1. The summed E-state index contributed by atoms with van der Waals surface area (Å²) in [5, 5.41) is 2.93. The smallest absolute Gasteiger partial charge is 0.261 e. The van der Waals surface area contributed by atoms with E-state index in [2.05, 4.69) is 21.2 Å². The molecule has 1 aromatic rings. The molecule has 0 spiro atoms. The molecule has 1 saturated carbocycles. The molecule has 1 aliphatic carbocycles. The van der Waals surface area contributed by atoms with E-state index in [-0.39, 0.29) is 15.5 Å². The van der Waals surface area contributed by atoms with Gasteiger partial charge in [0.25, 0.3) is 15.0 Å². The van der Waals surface area contributed by atoms with Crippen LogP contribution in [0.2, 0.25) is 5.02 Å². The third-order valence-corrected chi connectivity index (χ3v) is 6.18. The lowest BCUT2D eigenvalue weighted by Gasteiger charge is -2.25. The van der Waals surface area contributed by atoms with Crippen LogP contribution in [0, 0.1) is 5.92 Å². The Labute approximate surface area is 141 Å². The fourth-order valence-corrected chi connectivity index (χ4v) is 3.73. The fourth-order valence-electron chi connectivity index (χ4n) is 2.14. The molecule has 1 fully saturated rings. The Morgan fingerprint density at radius 3 is 2.57 bits per heavy atom. The molecule has 0 aliphatic heterocycles.